The lowest BCUT2D eigenvalue weighted by Gasteiger charge is -2.08. The van der Waals surface area contributed by atoms with Crippen molar-refractivity contribution in [1.29, 1.82) is 0 Å². The average Bonchev–Trinajstić information content (AvgIpc) is 3.02. The first kappa shape index (κ1) is 15.0. The zero-order chi connectivity index (χ0) is 16.4. The first-order chi connectivity index (χ1) is 11.0. The number of Topliss-reactive ketones (excluding diaryl/α,β-unsaturated/α-hetero) is 1. The van der Waals surface area contributed by atoms with Crippen LogP contribution in [0.15, 0.2) is 29.3 Å². The molecule has 2 aromatic rings. The maximum Gasteiger partial charge on any atom is 0.237 e. The molecule has 0 fully saturated rings. The first-order valence-electron chi connectivity index (χ1n) is 7.21. The SMILES string of the molecule is CC(C)c1ccc(OCC(=O)c2nc(N)c3c(n2)[N]C=N3)cc1. The summed E-state index contributed by atoms with van der Waals surface area (Å²) < 4.78 is 5.48. The van der Waals surface area contributed by atoms with Crippen LogP contribution in [0.1, 0.15) is 35.9 Å². The number of ether oxygens (including phenoxy) is 1. The molecule has 1 aliphatic rings. The smallest absolute Gasteiger partial charge is 0.237 e. The Balaban J connectivity index is 1.67. The highest BCUT2D eigenvalue weighted by Gasteiger charge is 2.20. The Morgan fingerprint density at radius 3 is 2.65 bits per heavy atom. The van der Waals surface area contributed by atoms with Crippen LogP contribution < -0.4 is 15.8 Å². The van der Waals surface area contributed by atoms with Crippen LogP contribution in [-0.2, 0) is 0 Å². The van der Waals surface area contributed by atoms with Gasteiger partial charge in [0.1, 0.15) is 12.1 Å². The highest BCUT2D eigenvalue weighted by Crippen LogP contribution is 2.31. The summed E-state index contributed by atoms with van der Waals surface area (Å²) in [6.45, 7) is 4.06. The van der Waals surface area contributed by atoms with Gasteiger partial charge in [0.25, 0.3) is 0 Å². The summed E-state index contributed by atoms with van der Waals surface area (Å²) in [6.07, 6.45) is 1.33. The second-order valence-electron chi connectivity index (χ2n) is 5.41. The lowest BCUT2D eigenvalue weighted by molar-refractivity contribution is 0.0911. The molecule has 1 radical (unpaired) electrons. The third kappa shape index (κ3) is 3.13. The maximum absolute atomic E-state index is 12.2. The highest BCUT2D eigenvalue weighted by atomic mass is 16.5. The number of nitrogens with zero attached hydrogens (tertiary/aromatic N) is 4. The standard InChI is InChI=1S/C16H16N5O2/c1-9(2)10-3-5-11(6-4-10)23-7-12(22)15-20-14(17)13-16(21-15)19-8-18-13/h3-6,8-9H,7H2,1-2H3,(H2,17,20,21). The van der Waals surface area contributed by atoms with Crippen molar-refractivity contribution < 1.29 is 9.53 Å². The summed E-state index contributed by atoms with van der Waals surface area (Å²) in [6, 6.07) is 7.63. The Bertz CT molecular complexity index is 769. The van der Waals surface area contributed by atoms with Gasteiger partial charge < -0.3 is 10.5 Å². The lowest BCUT2D eigenvalue weighted by Crippen LogP contribution is -2.16. The molecule has 7 nitrogen and oxygen atoms in total. The van der Waals surface area contributed by atoms with Gasteiger partial charge in [0.15, 0.2) is 23.9 Å². The Labute approximate surface area is 133 Å². The predicted molar refractivity (Wildman–Crippen MR) is 86.7 cm³/mol. The monoisotopic (exact) mass is 310 g/mol. The van der Waals surface area contributed by atoms with E-state index in [-0.39, 0.29) is 24.0 Å². The minimum Gasteiger partial charge on any atom is -0.485 e. The molecular weight excluding hydrogens is 294 g/mol. The average molecular weight is 310 g/mol. The molecule has 0 amide bonds. The number of carbonyl (C=O) groups is 1. The second kappa shape index (κ2) is 6.04. The summed E-state index contributed by atoms with van der Waals surface area (Å²) >= 11 is 0. The number of hydrogen-bond donors (Lipinski definition) is 1. The van der Waals surface area contributed by atoms with Crippen molar-refractivity contribution in [2.45, 2.75) is 19.8 Å². The van der Waals surface area contributed by atoms with Gasteiger partial charge in [0, 0.05) is 0 Å². The quantitative estimate of drug-likeness (QED) is 0.853. The van der Waals surface area contributed by atoms with E-state index in [0.717, 1.165) is 0 Å². The van der Waals surface area contributed by atoms with Gasteiger partial charge in [-0.05, 0) is 23.6 Å². The van der Waals surface area contributed by atoms with Crippen LogP contribution in [0.3, 0.4) is 0 Å². The number of hydrogen-bond acceptors (Lipinski definition) is 6. The third-order valence-electron chi connectivity index (χ3n) is 3.43. The van der Waals surface area contributed by atoms with Crippen molar-refractivity contribution in [3.8, 4) is 5.75 Å². The van der Waals surface area contributed by atoms with Gasteiger partial charge in [-0.15, -0.1) is 0 Å². The molecule has 1 aliphatic heterocycles. The molecule has 1 aromatic heterocycles. The number of ketones is 1. The Kier molecular flexibility index (Phi) is 3.92. The van der Waals surface area contributed by atoms with Crippen molar-refractivity contribution in [3.05, 3.63) is 35.7 Å². The minimum absolute atomic E-state index is 0.0192. The van der Waals surface area contributed by atoms with E-state index in [4.69, 9.17) is 10.5 Å². The van der Waals surface area contributed by atoms with E-state index in [1.54, 1.807) is 0 Å². The van der Waals surface area contributed by atoms with Gasteiger partial charge >= 0.3 is 0 Å². The number of nitrogen functional groups attached to an aromatic ring is 1. The number of carbonyl (C=O) groups excluding carboxylic acids is 1. The molecular formula is C16H16N5O2. The largest absolute Gasteiger partial charge is 0.485 e. The van der Waals surface area contributed by atoms with E-state index in [0.29, 0.717) is 23.2 Å². The van der Waals surface area contributed by atoms with Crippen LogP contribution in [-0.4, -0.2) is 28.7 Å². The molecule has 2 heterocycles. The van der Waals surface area contributed by atoms with Crippen molar-refractivity contribution >= 4 is 29.4 Å². The van der Waals surface area contributed by atoms with Crippen molar-refractivity contribution in [2.75, 3.05) is 12.3 Å². The summed E-state index contributed by atoms with van der Waals surface area (Å²) in [4.78, 5) is 24.1. The molecule has 3 rings (SSSR count). The van der Waals surface area contributed by atoms with Crippen molar-refractivity contribution in [2.24, 2.45) is 4.99 Å². The van der Waals surface area contributed by atoms with Crippen molar-refractivity contribution in [1.82, 2.24) is 15.3 Å². The first-order valence-corrected chi connectivity index (χ1v) is 7.21. The molecule has 117 valence electrons. The summed E-state index contributed by atoms with van der Waals surface area (Å²) in [7, 11) is 0. The van der Waals surface area contributed by atoms with E-state index < -0.39 is 0 Å². The number of anilines is 1. The molecule has 0 unspecified atom stereocenters. The van der Waals surface area contributed by atoms with Crippen LogP contribution in [0, 0.1) is 0 Å². The van der Waals surface area contributed by atoms with E-state index in [2.05, 4.69) is 34.1 Å². The molecule has 1 aromatic carbocycles. The summed E-state index contributed by atoms with van der Waals surface area (Å²) in [5.74, 6) is 1.12. The molecule has 0 saturated heterocycles. The van der Waals surface area contributed by atoms with Gasteiger partial charge in [-0.1, -0.05) is 26.0 Å². The van der Waals surface area contributed by atoms with E-state index >= 15 is 0 Å². The molecule has 23 heavy (non-hydrogen) atoms. The third-order valence-corrected chi connectivity index (χ3v) is 3.43. The number of rotatable bonds is 5. The molecule has 7 heteroatoms. The van der Waals surface area contributed by atoms with Crippen molar-refractivity contribution in [3.63, 3.8) is 0 Å². The van der Waals surface area contributed by atoms with Gasteiger partial charge in [0.2, 0.25) is 11.6 Å². The Morgan fingerprint density at radius 1 is 1.22 bits per heavy atom. The maximum atomic E-state index is 12.2. The van der Waals surface area contributed by atoms with Gasteiger partial charge in [-0.25, -0.2) is 20.3 Å². The van der Waals surface area contributed by atoms with Crippen LogP contribution in [0.5, 0.6) is 5.75 Å². The molecule has 0 atom stereocenters. The fourth-order valence-electron chi connectivity index (χ4n) is 2.10. The fraction of sp³-hybridized carbons (Fsp3) is 0.250. The Hall–Kier alpha value is -2.96. The zero-order valence-electron chi connectivity index (χ0n) is 12.9. The molecule has 0 spiro atoms. The Morgan fingerprint density at radius 2 is 1.96 bits per heavy atom. The predicted octanol–water partition coefficient (Wildman–Crippen LogP) is 2.35. The number of aliphatic imine (C=N–C) groups is 1. The van der Waals surface area contributed by atoms with E-state index in [1.807, 2.05) is 24.3 Å². The molecule has 0 aliphatic carbocycles. The number of nitrogens with two attached hydrogens (primary N) is 1. The number of benzene rings is 1. The van der Waals surface area contributed by atoms with Crippen LogP contribution in [0.4, 0.5) is 17.3 Å². The summed E-state index contributed by atoms with van der Waals surface area (Å²) in [5, 5.41) is 3.93. The second-order valence-corrected chi connectivity index (χ2v) is 5.41. The van der Waals surface area contributed by atoms with Gasteiger partial charge in [-0.3, -0.25) is 4.79 Å². The van der Waals surface area contributed by atoms with Gasteiger partial charge in [-0.2, -0.15) is 0 Å². The topological polar surface area (TPSA) is 105 Å². The lowest BCUT2D eigenvalue weighted by atomic mass is 10.0. The van der Waals surface area contributed by atoms with Crippen LogP contribution in [0.25, 0.3) is 0 Å². The molecule has 0 bridgehead atoms. The molecule has 2 N–H and O–H groups in total. The highest BCUT2D eigenvalue weighted by molar-refractivity contribution is 5.96. The molecule has 0 saturated carbocycles. The minimum atomic E-state index is -0.366. The zero-order valence-corrected chi connectivity index (χ0v) is 12.9. The fourth-order valence-corrected chi connectivity index (χ4v) is 2.10. The van der Waals surface area contributed by atoms with Crippen LogP contribution in [0.2, 0.25) is 0 Å². The normalized spacial score (nSPS) is 12.1. The summed E-state index contributed by atoms with van der Waals surface area (Å²) in [5.41, 5.74) is 7.35. The number of aromatic nitrogens is 2. The van der Waals surface area contributed by atoms with E-state index in [9.17, 15) is 4.79 Å². The van der Waals surface area contributed by atoms with Crippen LogP contribution >= 0.6 is 0 Å². The van der Waals surface area contributed by atoms with E-state index in [1.165, 1.54) is 11.9 Å². The van der Waals surface area contributed by atoms with Gasteiger partial charge in [0.05, 0.1) is 0 Å². The number of fused-ring (bicyclic) bond motifs is 1.